The molecule has 0 unspecified atom stereocenters. The van der Waals surface area contributed by atoms with Gasteiger partial charge in [-0.2, -0.15) is 0 Å². The lowest BCUT2D eigenvalue weighted by molar-refractivity contribution is -0.116. The summed E-state index contributed by atoms with van der Waals surface area (Å²) in [6.45, 7) is 4.45. The van der Waals surface area contributed by atoms with Crippen LogP contribution >= 0.6 is 0 Å². The molecule has 2 amide bonds. The van der Waals surface area contributed by atoms with Gasteiger partial charge in [0.1, 0.15) is 5.75 Å². The number of nitrogens with one attached hydrogen (secondary N) is 2. The molecule has 0 aliphatic rings. The Morgan fingerprint density at radius 3 is 1.91 bits per heavy atom. The van der Waals surface area contributed by atoms with Crippen molar-refractivity contribution in [1.29, 1.82) is 0 Å². The first-order chi connectivity index (χ1) is 15.4. The van der Waals surface area contributed by atoms with Gasteiger partial charge in [-0.3, -0.25) is 14.4 Å². The lowest BCUT2D eigenvalue weighted by atomic mass is 10.0. The number of anilines is 2. The van der Waals surface area contributed by atoms with Crippen LogP contribution < -0.4 is 15.4 Å². The lowest BCUT2D eigenvalue weighted by Crippen LogP contribution is -2.14. The third kappa shape index (κ3) is 6.54. The lowest BCUT2D eigenvalue weighted by Gasteiger charge is -2.09. The second-order valence-corrected chi connectivity index (χ2v) is 7.33. The Morgan fingerprint density at radius 2 is 1.28 bits per heavy atom. The summed E-state index contributed by atoms with van der Waals surface area (Å²) in [5.74, 6) is 0.167. The van der Waals surface area contributed by atoms with Gasteiger partial charge in [-0.1, -0.05) is 29.8 Å². The highest BCUT2D eigenvalue weighted by molar-refractivity contribution is 6.05. The zero-order chi connectivity index (χ0) is 22.9. The average Bonchev–Trinajstić information content (AvgIpc) is 2.80. The van der Waals surface area contributed by atoms with Crippen molar-refractivity contribution < 1.29 is 19.1 Å². The third-order valence-electron chi connectivity index (χ3n) is 4.81. The van der Waals surface area contributed by atoms with Crippen LogP contribution in [0.4, 0.5) is 11.4 Å². The van der Waals surface area contributed by atoms with E-state index in [1.807, 2.05) is 26.0 Å². The molecule has 6 nitrogen and oxygen atoms in total. The van der Waals surface area contributed by atoms with E-state index in [0.717, 1.165) is 11.3 Å². The van der Waals surface area contributed by atoms with E-state index in [1.54, 1.807) is 60.7 Å². The van der Waals surface area contributed by atoms with Crippen molar-refractivity contribution in [2.45, 2.75) is 26.7 Å². The summed E-state index contributed by atoms with van der Waals surface area (Å²) in [6.07, 6.45) is 0.226. The molecule has 0 aliphatic carbocycles. The van der Waals surface area contributed by atoms with Gasteiger partial charge in [0.25, 0.3) is 5.91 Å². The summed E-state index contributed by atoms with van der Waals surface area (Å²) in [6, 6.07) is 21.0. The topological polar surface area (TPSA) is 84.5 Å². The largest absolute Gasteiger partial charge is 0.494 e. The third-order valence-corrected chi connectivity index (χ3v) is 4.81. The predicted molar refractivity (Wildman–Crippen MR) is 125 cm³/mol. The van der Waals surface area contributed by atoms with E-state index in [1.165, 1.54) is 0 Å². The SMILES string of the molecule is CCOc1ccc(NC(=O)c2ccc(NC(=O)CCC(=O)c3ccc(C)cc3)cc2)cc1. The minimum absolute atomic E-state index is 0.0681. The molecule has 3 rings (SSSR count). The van der Waals surface area contributed by atoms with Gasteiger partial charge in [0.15, 0.2) is 5.78 Å². The van der Waals surface area contributed by atoms with Crippen LogP contribution in [0.15, 0.2) is 72.8 Å². The molecule has 0 heterocycles. The summed E-state index contributed by atoms with van der Waals surface area (Å²) in [5.41, 5.74) is 3.37. The van der Waals surface area contributed by atoms with Gasteiger partial charge in [0, 0.05) is 35.3 Å². The highest BCUT2D eigenvalue weighted by atomic mass is 16.5. The minimum atomic E-state index is -0.254. The Balaban J connectivity index is 1.49. The zero-order valence-electron chi connectivity index (χ0n) is 18.2. The molecule has 3 aromatic carbocycles. The van der Waals surface area contributed by atoms with Gasteiger partial charge in [-0.05, 0) is 62.4 Å². The molecule has 0 aliphatic heterocycles. The molecule has 0 aromatic heterocycles. The normalized spacial score (nSPS) is 10.3. The first kappa shape index (κ1) is 22.7. The molecule has 0 saturated carbocycles. The molecule has 0 fully saturated rings. The number of hydrogen-bond donors (Lipinski definition) is 2. The minimum Gasteiger partial charge on any atom is -0.494 e. The molecule has 0 atom stereocenters. The average molecular weight is 431 g/mol. The number of carbonyl (C=O) groups is 3. The van der Waals surface area contributed by atoms with Crippen LogP contribution in [-0.2, 0) is 4.79 Å². The highest BCUT2D eigenvalue weighted by Gasteiger charge is 2.11. The molecule has 164 valence electrons. The number of ether oxygens (including phenoxy) is 1. The number of hydrogen-bond acceptors (Lipinski definition) is 4. The van der Waals surface area contributed by atoms with E-state index in [2.05, 4.69) is 10.6 Å². The van der Waals surface area contributed by atoms with Crippen molar-refractivity contribution in [2.75, 3.05) is 17.2 Å². The van der Waals surface area contributed by atoms with E-state index in [9.17, 15) is 14.4 Å². The maximum absolute atomic E-state index is 12.4. The second kappa shape index (κ2) is 10.9. The fourth-order valence-electron chi connectivity index (χ4n) is 3.04. The Labute approximate surface area is 187 Å². The standard InChI is InChI=1S/C26H26N2O4/c1-3-32-23-14-12-22(13-15-23)28-26(31)20-8-10-21(11-9-20)27-25(30)17-16-24(29)19-6-4-18(2)5-7-19/h4-15H,3,16-17H2,1-2H3,(H,27,30)(H,28,31). The predicted octanol–water partition coefficient (Wildman–Crippen LogP) is 5.25. The monoisotopic (exact) mass is 430 g/mol. The van der Waals surface area contributed by atoms with E-state index < -0.39 is 0 Å². The van der Waals surface area contributed by atoms with E-state index in [0.29, 0.717) is 29.1 Å². The summed E-state index contributed by atoms with van der Waals surface area (Å²) >= 11 is 0. The fourth-order valence-corrected chi connectivity index (χ4v) is 3.04. The Bertz CT molecular complexity index is 1070. The van der Waals surface area contributed by atoms with Crippen LogP contribution in [-0.4, -0.2) is 24.2 Å². The number of benzene rings is 3. The van der Waals surface area contributed by atoms with Crippen LogP contribution in [0.25, 0.3) is 0 Å². The summed E-state index contributed by atoms with van der Waals surface area (Å²) in [4.78, 5) is 36.8. The molecule has 3 aromatic rings. The van der Waals surface area contributed by atoms with Gasteiger partial charge in [0.05, 0.1) is 6.61 Å². The van der Waals surface area contributed by atoms with Crippen LogP contribution in [0.2, 0.25) is 0 Å². The Kier molecular flexibility index (Phi) is 7.75. The molecule has 0 spiro atoms. The molecule has 2 N–H and O–H groups in total. The number of carbonyl (C=O) groups excluding carboxylic acids is 3. The quantitative estimate of drug-likeness (QED) is 0.454. The molecular weight excluding hydrogens is 404 g/mol. The van der Waals surface area contributed by atoms with Crippen LogP contribution in [0.1, 0.15) is 46.0 Å². The first-order valence-corrected chi connectivity index (χ1v) is 10.5. The summed E-state index contributed by atoms with van der Waals surface area (Å²) in [5, 5.41) is 5.58. The van der Waals surface area contributed by atoms with Crippen LogP contribution in [0.3, 0.4) is 0 Å². The Hall–Kier alpha value is -3.93. The van der Waals surface area contributed by atoms with E-state index in [4.69, 9.17) is 4.74 Å². The molecule has 0 bridgehead atoms. The molecule has 6 heteroatoms. The maximum atomic E-state index is 12.4. The summed E-state index contributed by atoms with van der Waals surface area (Å²) in [7, 11) is 0. The maximum Gasteiger partial charge on any atom is 0.255 e. The molecular formula is C26H26N2O4. The number of amides is 2. The second-order valence-electron chi connectivity index (χ2n) is 7.33. The van der Waals surface area contributed by atoms with Crippen molar-refractivity contribution in [1.82, 2.24) is 0 Å². The summed E-state index contributed by atoms with van der Waals surface area (Å²) < 4.78 is 5.39. The van der Waals surface area contributed by atoms with Crippen molar-refractivity contribution in [3.63, 3.8) is 0 Å². The van der Waals surface area contributed by atoms with Crippen molar-refractivity contribution in [3.8, 4) is 5.75 Å². The van der Waals surface area contributed by atoms with Gasteiger partial charge >= 0.3 is 0 Å². The number of Topliss-reactive ketones (excluding diaryl/α,β-unsaturated/α-hetero) is 1. The molecule has 0 saturated heterocycles. The van der Waals surface area contributed by atoms with Gasteiger partial charge < -0.3 is 15.4 Å². The van der Waals surface area contributed by atoms with E-state index in [-0.39, 0.29) is 30.4 Å². The van der Waals surface area contributed by atoms with Gasteiger partial charge in [-0.25, -0.2) is 0 Å². The number of ketones is 1. The smallest absolute Gasteiger partial charge is 0.255 e. The molecule has 32 heavy (non-hydrogen) atoms. The van der Waals surface area contributed by atoms with Crippen molar-refractivity contribution in [2.24, 2.45) is 0 Å². The number of rotatable bonds is 9. The Morgan fingerprint density at radius 1 is 0.719 bits per heavy atom. The van der Waals surface area contributed by atoms with Crippen LogP contribution in [0.5, 0.6) is 5.75 Å². The van der Waals surface area contributed by atoms with Gasteiger partial charge in [-0.15, -0.1) is 0 Å². The zero-order valence-corrected chi connectivity index (χ0v) is 18.2. The van der Waals surface area contributed by atoms with Crippen molar-refractivity contribution >= 4 is 29.0 Å². The van der Waals surface area contributed by atoms with Crippen LogP contribution in [0, 0.1) is 6.92 Å². The van der Waals surface area contributed by atoms with Crippen molar-refractivity contribution in [3.05, 3.63) is 89.5 Å². The highest BCUT2D eigenvalue weighted by Crippen LogP contribution is 2.17. The van der Waals surface area contributed by atoms with Gasteiger partial charge in [0.2, 0.25) is 5.91 Å². The first-order valence-electron chi connectivity index (χ1n) is 10.5. The number of aryl methyl sites for hydroxylation is 1. The fraction of sp³-hybridized carbons (Fsp3) is 0.192. The van der Waals surface area contributed by atoms with E-state index >= 15 is 0 Å². The molecule has 0 radical (unpaired) electrons.